The monoisotopic (exact) mass is 289 g/mol. The molecule has 0 saturated carbocycles. The molecule has 2 aliphatic heterocycles. The topological polar surface area (TPSA) is 72.9 Å². The number of rotatable bonds is 3. The second-order valence-corrected chi connectivity index (χ2v) is 5.47. The Morgan fingerprint density at radius 2 is 1.95 bits per heavy atom. The number of piperazine rings is 1. The fraction of sp³-hybridized carbons (Fsp3) is 0.467. The molecular weight excluding hydrogens is 270 g/mol. The Morgan fingerprint density at radius 1 is 1.19 bits per heavy atom. The number of benzene rings is 1. The molecule has 1 saturated heterocycles. The Morgan fingerprint density at radius 3 is 2.67 bits per heavy atom. The molecule has 21 heavy (non-hydrogen) atoms. The van der Waals surface area contributed by atoms with Crippen molar-refractivity contribution in [1.29, 1.82) is 0 Å². The van der Waals surface area contributed by atoms with Gasteiger partial charge in [0.1, 0.15) is 0 Å². The lowest BCUT2D eigenvalue weighted by molar-refractivity contribution is -0.119. The molecule has 2 heterocycles. The number of carbonyl (C=O) groups is 2. The van der Waals surface area contributed by atoms with Gasteiger partial charge in [0.05, 0.1) is 12.1 Å². The summed E-state index contributed by atoms with van der Waals surface area (Å²) in [7, 11) is 0. The summed E-state index contributed by atoms with van der Waals surface area (Å²) in [5, 5.41) is 12.3. The number of nitrogens with zero attached hydrogens (tertiary/aromatic N) is 2. The minimum Gasteiger partial charge on any atom is -0.478 e. The number of amides is 1. The molecule has 3 rings (SSSR count). The first kappa shape index (κ1) is 14.0. The van der Waals surface area contributed by atoms with Crippen LogP contribution in [0.3, 0.4) is 0 Å². The van der Waals surface area contributed by atoms with Crippen LogP contribution < -0.4 is 10.2 Å². The molecule has 0 radical (unpaired) electrons. The van der Waals surface area contributed by atoms with Crippen molar-refractivity contribution in [3.05, 3.63) is 29.3 Å². The Balaban J connectivity index is 1.71. The maximum absolute atomic E-state index is 12.4. The molecule has 0 atom stereocenters. The number of aromatic carboxylic acids is 1. The van der Waals surface area contributed by atoms with Gasteiger partial charge in [-0.1, -0.05) is 0 Å². The quantitative estimate of drug-likeness (QED) is 0.830. The van der Waals surface area contributed by atoms with E-state index < -0.39 is 5.97 Å². The number of fused-ring (bicyclic) bond motifs is 1. The van der Waals surface area contributed by atoms with Crippen molar-refractivity contribution in [3.63, 3.8) is 0 Å². The second kappa shape index (κ2) is 5.83. The van der Waals surface area contributed by atoms with E-state index in [2.05, 4.69) is 10.2 Å². The van der Waals surface area contributed by atoms with Crippen LogP contribution in [0.2, 0.25) is 0 Å². The highest BCUT2D eigenvalue weighted by Gasteiger charge is 2.26. The minimum atomic E-state index is -0.927. The number of anilines is 1. The SMILES string of the molecule is O=C(O)c1ccc2c(c1)CCN2C(=O)CN1CCNCC1. The smallest absolute Gasteiger partial charge is 0.335 e. The van der Waals surface area contributed by atoms with E-state index in [1.807, 2.05) is 0 Å². The summed E-state index contributed by atoms with van der Waals surface area (Å²) in [5.41, 5.74) is 2.09. The Hall–Kier alpha value is -1.92. The normalized spacial score (nSPS) is 18.6. The van der Waals surface area contributed by atoms with Crippen molar-refractivity contribution in [1.82, 2.24) is 10.2 Å². The van der Waals surface area contributed by atoms with Gasteiger partial charge in [0.2, 0.25) is 5.91 Å². The predicted molar refractivity (Wildman–Crippen MR) is 78.8 cm³/mol. The van der Waals surface area contributed by atoms with Crippen molar-refractivity contribution in [2.75, 3.05) is 44.2 Å². The lowest BCUT2D eigenvalue weighted by Crippen LogP contribution is -2.48. The molecule has 1 aromatic carbocycles. The highest BCUT2D eigenvalue weighted by atomic mass is 16.4. The zero-order valence-corrected chi connectivity index (χ0v) is 11.8. The van der Waals surface area contributed by atoms with Crippen molar-refractivity contribution < 1.29 is 14.7 Å². The third-order valence-electron chi connectivity index (χ3n) is 4.09. The van der Waals surface area contributed by atoms with Crippen LogP contribution in [0.5, 0.6) is 0 Å². The van der Waals surface area contributed by atoms with E-state index in [9.17, 15) is 9.59 Å². The van der Waals surface area contributed by atoms with Gasteiger partial charge in [0, 0.05) is 38.4 Å². The standard InChI is InChI=1S/C15H19N3O3/c19-14(10-17-7-4-16-5-8-17)18-6-3-11-9-12(15(20)21)1-2-13(11)18/h1-2,9,16H,3-8,10H2,(H,20,21). The summed E-state index contributed by atoms with van der Waals surface area (Å²) in [4.78, 5) is 27.4. The lowest BCUT2D eigenvalue weighted by atomic mass is 10.1. The van der Waals surface area contributed by atoms with Gasteiger partial charge in [-0.3, -0.25) is 9.69 Å². The van der Waals surface area contributed by atoms with Crippen LogP contribution in [0, 0.1) is 0 Å². The van der Waals surface area contributed by atoms with Crippen molar-refractivity contribution in [2.45, 2.75) is 6.42 Å². The molecule has 2 N–H and O–H groups in total. The fourth-order valence-corrected chi connectivity index (χ4v) is 2.94. The first-order valence-corrected chi connectivity index (χ1v) is 7.25. The van der Waals surface area contributed by atoms with Crippen molar-refractivity contribution >= 4 is 17.6 Å². The maximum atomic E-state index is 12.4. The Kier molecular flexibility index (Phi) is 3.90. The summed E-state index contributed by atoms with van der Waals surface area (Å²) < 4.78 is 0. The van der Waals surface area contributed by atoms with E-state index in [-0.39, 0.29) is 11.5 Å². The summed E-state index contributed by atoms with van der Waals surface area (Å²) in [6.45, 7) is 4.71. The number of hydrogen-bond acceptors (Lipinski definition) is 4. The number of carbonyl (C=O) groups excluding carboxylic acids is 1. The molecule has 6 nitrogen and oxygen atoms in total. The van der Waals surface area contributed by atoms with Crippen LogP contribution in [0.4, 0.5) is 5.69 Å². The van der Waals surface area contributed by atoms with Crippen LogP contribution in [-0.2, 0) is 11.2 Å². The van der Waals surface area contributed by atoms with E-state index in [0.717, 1.165) is 43.9 Å². The molecule has 2 aliphatic rings. The van der Waals surface area contributed by atoms with Gasteiger partial charge in [-0.05, 0) is 30.2 Å². The van der Waals surface area contributed by atoms with Gasteiger partial charge in [-0.25, -0.2) is 4.79 Å². The first-order valence-electron chi connectivity index (χ1n) is 7.25. The minimum absolute atomic E-state index is 0.0960. The van der Waals surface area contributed by atoms with Crippen LogP contribution in [-0.4, -0.2) is 61.2 Å². The van der Waals surface area contributed by atoms with E-state index >= 15 is 0 Å². The molecule has 1 fully saturated rings. The maximum Gasteiger partial charge on any atom is 0.335 e. The molecule has 6 heteroatoms. The largest absolute Gasteiger partial charge is 0.478 e. The molecule has 1 aromatic rings. The van der Waals surface area contributed by atoms with Gasteiger partial charge in [0.25, 0.3) is 0 Å². The lowest BCUT2D eigenvalue weighted by Gasteiger charge is -2.28. The molecule has 0 aliphatic carbocycles. The average molecular weight is 289 g/mol. The number of carboxylic acids is 1. The van der Waals surface area contributed by atoms with E-state index in [0.29, 0.717) is 13.1 Å². The van der Waals surface area contributed by atoms with Gasteiger partial charge >= 0.3 is 5.97 Å². The highest BCUT2D eigenvalue weighted by molar-refractivity contribution is 5.98. The molecule has 0 unspecified atom stereocenters. The van der Waals surface area contributed by atoms with E-state index in [1.54, 1.807) is 23.1 Å². The van der Waals surface area contributed by atoms with E-state index in [1.165, 1.54) is 0 Å². The molecule has 1 amide bonds. The van der Waals surface area contributed by atoms with Crippen LogP contribution in [0.1, 0.15) is 15.9 Å². The van der Waals surface area contributed by atoms with Gasteiger partial charge in [-0.15, -0.1) is 0 Å². The zero-order chi connectivity index (χ0) is 14.8. The summed E-state index contributed by atoms with van der Waals surface area (Å²) in [6.07, 6.45) is 0.726. The molecule has 112 valence electrons. The second-order valence-electron chi connectivity index (χ2n) is 5.47. The molecule has 0 aromatic heterocycles. The molecular formula is C15H19N3O3. The zero-order valence-electron chi connectivity index (χ0n) is 11.8. The number of nitrogens with one attached hydrogen (secondary N) is 1. The van der Waals surface area contributed by atoms with Crippen molar-refractivity contribution in [2.24, 2.45) is 0 Å². The Labute approximate surface area is 123 Å². The van der Waals surface area contributed by atoms with Crippen LogP contribution in [0.15, 0.2) is 18.2 Å². The van der Waals surface area contributed by atoms with Crippen molar-refractivity contribution in [3.8, 4) is 0 Å². The van der Waals surface area contributed by atoms with Gasteiger partial charge < -0.3 is 15.3 Å². The third-order valence-corrected chi connectivity index (χ3v) is 4.09. The summed E-state index contributed by atoms with van der Waals surface area (Å²) in [5.74, 6) is -0.831. The summed E-state index contributed by atoms with van der Waals surface area (Å²) >= 11 is 0. The van der Waals surface area contributed by atoms with Gasteiger partial charge in [-0.2, -0.15) is 0 Å². The predicted octanol–water partition coefficient (Wildman–Crippen LogP) is 0.179. The first-order chi connectivity index (χ1) is 10.1. The fourth-order valence-electron chi connectivity index (χ4n) is 2.94. The van der Waals surface area contributed by atoms with Crippen LogP contribution in [0.25, 0.3) is 0 Å². The molecule has 0 bridgehead atoms. The van der Waals surface area contributed by atoms with E-state index in [4.69, 9.17) is 5.11 Å². The Bertz CT molecular complexity index is 567. The highest BCUT2D eigenvalue weighted by Crippen LogP contribution is 2.29. The van der Waals surface area contributed by atoms with Crippen LogP contribution >= 0.6 is 0 Å². The number of carboxylic acid groups (broad SMARTS) is 1. The number of hydrogen-bond donors (Lipinski definition) is 2. The van der Waals surface area contributed by atoms with Gasteiger partial charge in [0.15, 0.2) is 0 Å². The summed E-state index contributed by atoms with van der Waals surface area (Å²) in [6, 6.07) is 4.99. The third kappa shape index (κ3) is 2.91. The average Bonchev–Trinajstić information content (AvgIpc) is 2.91. The molecule has 0 spiro atoms.